The van der Waals surface area contributed by atoms with E-state index in [-0.39, 0.29) is 23.5 Å². The highest BCUT2D eigenvalue weighted by Gasteiger charge is 2.32. The van der Waals surface area contributed by atoms with Crippen LogP contribution in [0.2, 0.25) is 0 Å². The Balaban J connectivity index is 1.52. The molecule has 0 aromatic heterocycles. The molecule has 0 spiro atoms. The van der Waals surface area contributed by atoms with E-state index in [2.05, 4.69) is 24.0 Å². The molecule has 0 saturated heterocycles. The van der Waals surface area contributed by atoms with Crippen molar-refractivity contribution in [1.82, 2.24) is 5.32 Å². The number of benzene rings is 3. The van der Waals surface area contributed by atoms with Crippen LogP contribution in [0.25, 0.3) is 0 Å². The van der Waals surface area contributed by atoms with Crippen LogP contribution in [0, 0.1) is 0 Å². The molecular formula is C29H29NO3. The first-order valence-electron chi connectivity index (χ1n) is 11.5. The number of hydrogen-bond acceptors (Lipinski definition) is 3. The maximum absolute atomic E-state index is 13.2. The van der Waals surface area contributed by atoms with Crippen molar-refractivity contribution >= 4 is 11.9 Å². The third-order valence-electron chi connectivity index (χ3n) is 6.24. The van der Waals surface area contributed by atoms with Gasteiger partial charge in [0.05, 0.1) is 11.6 Å². The highest BCUT2D eigenvalue weighted by atomic mass is 16.5. The highest BCUT2D eigenvalue weighted by Crippen LogP contribution is 2.36. The summed E-state index contributed by atoms with van der Waals surface area (Å²) in [5.41, 5.74) is 2.73. The van der Waals surface area contributed by atoms with Crippen LogP contribution >= 0.6 is 0 Å². The monoisotopic (exact) mass is 439 g/mol. The molecule has 4 nitrogen and oxygen atoms in total. The average molecular weight is 440 g/mol. The number of ether oxygens (including phenoxy) is 1. The van der Waals surface area contributed by atoms with Gasteiger partial charge in [-0.05, 0) is 42.5 Å². The average Bonchev–Trinajstić information content (AvgIpc) is 2.88. The van der Waals surface area contributed by atoms with Crippen LogP contribution in [-0.4, -0.2) is 18.0 Å². The van der Waals surface area contributed by atoms with E-state index in [1.165, 1.54) is 5.56 Å². The molecule has 1 aliphatic rings. The van der Waals surface area contributed by atoms with E-state index in [1.807, 2.05) is 66.7 Å². The minimum absolute atomic E-state index is 0.172. The van der Waals surface area contributed by atoms with Crippen molar-refractivity contribution in [3.63, 3.8) is 0 Å². The summed E-state index contributed by atoms with van der Waals surface area (Å²) in [6.45, 7) is 4.05. The third kappa shape index (κ3) is 5.58. The highest BCUT2D eigenvalue weighted by molar-refractivity contribution is 5.96. The summed E-state index contributed by atoms with van der Waals surface area (Å²) in [7, 11) is 0. The predicted octanol–water partition coefficient (Wildman–Crippen LogP) is 5.98. The Morgan fingerprint density at radius 1 is 0.818 bits per heavy atom. The van der Waals surface area contributed by atoms with Gasteiger partial charge in [0, 0.05) is 11.5 Å². The van der Waals surface area contributed by atoms with Crippen molar-refractivity contribution in [2.45, 2.75) is 43.7 Å². The van der Waals surface area contributed by atoms with Gasteiger partial charge in [-0.3, -0.25) is 4.79 Å². The number of hydrogen-bond donors (Lipinski definition) is 1. The molecule has 1 saturated carbocycles. The first kappa shape index (κ1) is 22.5. The van der Waals surface area contributed by atoms with E-state index in [0.717, 1.165) is 31.2 Å². The maximum atomic E-state index is 13.2. The van der Waals surface area contributed by atoms with Gasteiger partial charge in [0.2, 0.25) is 0 Å². The van der Waals surface area contributed by atoms with Crippen LogP contribution in [0.15, 0.2) is 103 Å². The summed E-state index contributed by atoms with van der Waals surface area (Å²) in [4.78, 5) is 26.1. The maximum Gasteiger partial charge on any atom is 0.336 e. The van der Waals surface area contributed by atoms with Gasteiger partial charge in [0.15, 0.2) is 0 Å². The molecule has 1 N–H and O–H groups in total. The van der Waals surface area contributed by atoms with Crippen molar-refractivity contribution < 1.29 is 14.3 Å². The molecule has 33 heavy (non-hydrogen) atoms. The van der Waals surface area contributed by atoms with Crippen molar-refractivity contribution in [3.8, 4) is 0 Å². The molecular weight excluding hydrogens is 410 g/mol. The molecule has 168 valence electrons. The minimum Gasteiger partial charge on any atom is -0.458 e. The molecule has 3 aromatic rings. The van der Waals surface area contributed by atoms with Gasteiger partial charge in [-0.2, -0.15) is 0 Å². The molecule has 0 heterocycles. The Hall–Kier alpha value is -3.66. The summed E-state index contributed by atoms with van der Waals surface area (Å²) in [5.74, 6) is -0.561. The zero-order valence-electron chi connectivity index (χ0n) is 18.7. The van der Waals surface area contributed by atoms with Gasteiger partial charge in [0.1, 0.15) is 6.10 Å². The quantitative estimate of drug-likeness (QED) is 0.364. The Kier molecular flexibility index (Phi) is 7.36. The molecule has 1 aliphatic carbocycles. The Labute approximate surface area is 195 Å². The van der Waals surface area contributed by atoms with Crippen LogP contribution in [0.3, 0.4) is 0 Å². The van der Waals surface area contributed by atoms with Gasteiger partial charge in [0.25, 0.3) is 5.91 Å². The lowest BCUT2D eigenvalue weighted by Gasteiger charge is -2.32. The van der Waals surface area contributed by atoms with Crippen LogP contribution < -0.4 is 5.32 Å². The second-order valence-corrected chi connectivity index (χ2v) is 8.45. The summed E-state index contributed by atoms with van der Waals surface area (Å²) in [6, 6.07) is 27.9. The Bertz CT molecular complexity index is 1080. The fourth-order valence-corrected chi connectivity index (χ4v) is 4.47. The third-order valence-corrected chi connectivity index (χ3v) is 6.24. The van der Waals surface area contributed by atoms with E-state index in [0.29, 0.717) is 5.56 Å². The second kappa shape index (κ2) is 10.8. The zero-order chi connectivity index (χ0) is 23.0. The van der Waals surface area contributed by atoms with Gasteiger partial charge in [-0.1, -0.05) is 91.9 Å². The van der Waals surface area contributed by atoms with Crippen molar-refractivity contribution in [1.29, 1.82) is 0 Å². The molecule has 0 bridgehead atoms. The summed E-state index contributed by atoms with van der Waals surface area (Å²) in [5, 5.41) is 2.97. The molecule has 4 rings (SSSR count). The molecule has 0 unspecified atom stereocenters. The smallest absolute Gasteiger partial charge is 0.336 e. The number of rotatable bonds is 7. The number of esters is 1. The molecule has 3 atom stereocenters. The predicted molar refractivity (Wildman–Crippen MR) is 130 cm³/mol. The molecule has 1 amide bonds. The van der Waals surface area contributed by atoms with E-state index < -0.39 is 12.0 Å². The topological polar surface area (TPSA) is 55.4 Å². The van der Waals surface area contributed by atoms with Crippen molar-refractivity contribution in [2.75, 3.05) is 0 Å². The fraction of sp³-hybridized carbons (Fsp3) is 0.241. The summed E-state index contributed by atoms with van der Waals surface area (Å²) < 4.78 is 6.02. The Morgan fingerprint density at radius 2 is 1.39 bits per heavy atom. The van der Waals surface area contributed by atoms with Crippen LogP contribution in [0.4, 0.5) is 0 Å². The van der Waals surface area contributed by atoms with E-state index in [9.17, 15) is 9.59 Å². The lowest BCUT2D eigenvalue weighted by Crippen LogP contribution is -2.34. The first-order valence-corrected chi connectivity index (χ1v) is 11.5. The van der Waals surface area contributed by atoms with E-state index in [4.69, 9.17) is 4.74 Å². The summed E-state index contributed by atoms with van der Waals surface area (Å²) >= 11 is 0. The lowest BCUT2D eigenvalue weighted by molar-refractivity contribution is -0.147. The molecule has 1 fully saturated rings. The van der Waals surface area contributed by atoms with E-state index in [1.54, 1.807) is 12.1 Å². The number of nitrogens with one attached hydrogen (secondary N) is 1. The number of carbonyl (C=O) groups excluding carboxylic acids is 2. The molecule has 4 heteroatoms. The number of carbonyl (C=O) groups is 2. The molecule has 0 aliphatic heterocycles. The second-order valence-electron chi connectivity index (χ2n) is 8.45. The lowest BCUT2D eigenvalue weighted by atomic mass is 9.81. The van der Waals surface area contributed by atoms with Crippen LogP contribution in [0.1, 0.15) is 59.1 Å². The van der Waals surface area contributed by atoms with Crippen LogP contribution in [-0.2, 0) is 9.53 Å². The van der Waals surface area contributed by atoms with Gasteiger partial charge in [-0.15, -0.1) is 0 Å². The van der Waals surface area contributed by atoms with Gasteiger partial charge >= 0.3 is 5.97 Å². The fourth-order valence-electron chi connectivity index (χ4n) is 4.47. The van der Waals surface area contributed by atoms with Gasteiger partial charge in [-0.25, -0.2) is 4.79 Å². The Morgan fingerprint density at radius 3 is 2.06 bits per heavy atom. The molecule has 0 radical (unpaired) electrons. The zero-order valence-corrected chi connectivity index (χ0v) is 18.7. The first-order chi connectivity index (χ1) is 16.1. The number of amides is 1. The largest absolute Gasteiger partial charge is 0.458 e. The van der Waals surface area contributed by atoms with Gasteiger partial charge < -0.3 is 10.1 Å². The molecule has 3 aromatic carbocycles. The van der Waals surface area contributed by atoms with E-state index >= 15 is 0 Å². The normalized spacial score (nSPS) is 18.7. The van der Waals surface area contributed by atoms with Crippen molar-refractivity contribution in [3.05, 3.63) is 120 Å². The standard InChI is InChI=1S/C29H29NO3/c1-21(29(32)33-26-20-12-11-19-25(26)22-13-5-2-6-14-22)27(23-15-7-3-8-16-23)30-28(31)24-17-9-4-10-18-24/h2-10,13-18,25-27H,1,11-12,19-20H2,(H,30,31)/t25-,26+,27+/m0/s1. The SMILES string of the molecule is C=C(C(=O)O[C@@H]1CCCC[C@H]1c1ccccc1)[C@@H](NC(=O)c1ccccc1)c1ccccc1. The van der Waals surface area contributed by atoms with Crippen LogP contribution in [0.5, 0.6) is 0 Å². The summed E-state index contributed by atoms with van der Waals surface area (Å²) in [6.07, 6.45) is 3.76. The van der Waals surface area contributed by atoms with Crippen molar-refractivity contribution in [2.24, 2.45) is 0 Å². The minimum atomic E-state index is -0.676.